The van der Waals surface area contributed by atoms with Gasteiger partial charge in [-0.3, -0.25) is 4.79 Å². The van der Waals surface area contributed by atoms with E-state index in [9.17, 15) is 4.79 Å². The smallest absolute Gasteiger partial charge is 0.225 e. The highest BCUT2D eigenvalue weighted by atomic mass is 16.2. The van der Waals surface area contributed by atoms with Gasteiger partial charge < -0.3 is 9.80 Å². The van der Waals surface area contributed by atoms with E-state index in [4.69, 9.17) is 0 Å². The fourth-order valence-electron chi connectivity index (χ4n) is 2.98. The lowest BCUT2D eigenvalue weighted by Crippen LogP contribution is -2.41. The molecule has 0 atom stereocenters. The van der Waals surface area contributed by atoms with Gasteiger partial charge in [0.15, 0.2) is 11.5 Å². The molecule has 0 N–H and O–H groups in total. The summed E-state index contributed by atoms with van der Waals surface area (Å²) in [4.78, 5) is 16.5. The summed E-state index contributed by atoms with van der Waals surface area (Å²) in [5.74, 6) is 1.27. The number of nitrogens with zero attached hydrogens (tertiary/aromatic N) is 7. The second-order valence-corrected chi connectivity index (χ2v) is 6.09. The van der Waals surface area contributed by atoms with E-state index in [0.717, 1.165) is 51.1 Å². The number of piperidine rings is 1. The minimum Gasteiger partial charge on any atom is -0.355 e. The van der Waals surface area contributed by atoms with Crippen LogP contribution in [0.2, 0.25) is 0 Å². The molecule has 1 fully saturated rings. The van der Waals surface area contributed by atoms with Crippen LogP contribution in [0.25, 0.3) is 5.65 Å². The van der Waals surface area contributed by atoms with Crippen molar-refractivity contribution in [2.45, 2.75) is 32.6 Å². The molecule has 0 spiro atoms. The molecule has 0 saturated carbocycles. The van der Waals surface area contributed by atoms with Gasteiger partial charge in [-0.15, -0.1) is 14.8 Å². The molecule has 1 aliphatic heterocycles. The lowest BCUT2D eigenvalue weighted by atomic mass is 9.95. The van der Waals surface area contributed by atoms with Crippen LogP contribution in [0.5, 0.6) is 0 Å². The summed E-state index contributed by atoms with van der Waals surface area (Å²) in [5.41, 5.74) is 0.636. The number of tetrazole rings is 1. The van der Waals surface area contributed by atoms with Crippen molar-refractivity contribution in [1.82, 2.24) is 30.2 Å². The standard InChI is InChI=1S/C15H23N7O/c1-3-4-9-20(2)15(23)12-7-10-21(11-8-12)14-6-5-13-16-18-19-22(13)17-14/h5-6,12H,3-4,7-11H2,1-2H3. The van der Waals surface area contributed by atoms with Crippen molar-refractivity contribution in [3.63, 3.8) is 0 Å². The SMILES string of the molecule is CCCCN(C)C(=O)C1CCN(c2ccc3nnnn3n2)CC1. The molecule has 1 amide bonds. The van der Waals surface area contributed by atoms with Crippen LogP contribution in [-0.2, 0) is 4.79 Å². The summed E-state index contributed by atoms with van der Waals surface area (Å²) in [6.07, 6.45) is 3.91. The van der Waals surface area contributed by atoms with Crippen LogP contribution >= 0.6 is 0 Å². The van der Waals surface area contributed by atoms with E-state index in [0.29, 0.717) is 5.65 Å². The summed E-state index contributed by atoms with van der Waals surface area (Å²) >= 11 is 0. The largest absolute Gasteiger partial charge is 0.355 e. The second kappa shape index (κ2) is 6.89. The maximum atomic E-state index is 12.4. The Morgan fingerprint density at radius 1 is 1.35 bits per heavy atom. The van der Waals surface area contributed by atoms with Crippen molar-refractivity contribution in [2.75, 3.05) is 31.6 Å². The van der Waals surface area contributed by atoms with Gasteiger partial charge in [0.2, 0.25) is 5.91 Å². The van der Waals surface area contributed by atoms with Gasteiger partial charge in [0, 0.05) is 32.6 Å². The number of carbonyl (C=O) groups excluding carboxylic acids is 1. The zero-order valence-corrected chi connectivity index (χ0v) is 13.7. The molecule has 0 unspecified atom stereocenters. The van der Waals surface area contributed by atoms with Gasteiger partial charge >= 0.3 is 0 Å². The van der Waals surface area contributed by atoms with Gasteiger partial charge in [-0.2, -0.15) is 0 Å². The number of carbonyl (C=O) groups is 1. The molecule has 1 aliphatic rings. The highest BCUT2D eigenvalue weighted by molar-refractivity contribution is 5.78. The van der Waals surface area contributed by atoms with Gasteiger partial charge in [0.05, 0.1) is 0 Å². The molecular formula is C15H23N7O. The Bertz CT molecular complexity index is 663. The first-order valence-electron chi connectivity index (χ1n) is 8.24. The van der Waals surface area contributed by atoms with Crippen molar-refractivity contribution < 1.29 is 4.79 Å². The van der Waals surface area contributed by atoms with Gasteiger partial charge in [0.25, 0.3) is 0 Å². The van der Waals surface area contributed by atoms with Crippen LogP contribution in [0.4, 0.5) is 5.82 Å². The van der Waals surface area contributed by atoms with E-state index < -0.39 is 0 Å². The van der Waals surface area contributed by atoms with Crippen molar-refractivity contribution in [2.24, 2.45) is 5.92 Å². The Kier molecular flexibility index (Phi) is 4.68. The fraction of sp³-hybridized carbons (Fsp3) is 0.667. The zero-order chi connectivity index (χ0) is 16.2. The number of amides is 1. The Morgan fingerprint density at radius 3 is 2.87 bits per heavy atom. The number of hydrogen-bond acceptors (Lipinski definition) is 6. The number of hydrogen-bond donors (Lipinski definition) is 0. The monoisotopic (exact) mass is 317 g/mol. The molecule has 0 radical (unpaired) electrons. The van der Waals surface area contributed by atoms with Crippen LogP contribution in [0, 0.1) is 5.92 Å². The van der Waals surface area contributed by atoms with E-state index in [2.05, 4.69) is 32.4 Å². The van der Waals surface area contributed by atoms with Crippen molar-refractivity contribution in [3.8, 4) is 0 Å². The molecule has 23 heavy (non-hydrogen) atoms. The molecule has 8 heteroatoms. The summed E-state index contributed by atoms with van der Waals surface area (Å²) < 4.78 is 1.44. The third-order valence-electron chi connectivity index (χ3n) is 4.45. The number of anilines is 1. The zero-order valence-electron chi connectivity index (χ0n) is 13.7. The number of aromatic nitrogens is 5. The van der Waals surface area contributed by atoms with Gasteiger partial charge in [-0.05, 0) is 41.8 Å². The summed E-state index contributed by atoms with van der Waals surface area (Å²) in [6.45, 7) is 4.66. The first-order chi connectivity index (χ1) is 11.2. The predicted octanol–water partition coefficient (Wildman–Crippen LogP) is 0.994. The number of fused-ring (bicyclic) bond motifs is 1. The van der Waals surface area contributed by atoms with Gasteiger partial charge in [-0.25, -0.2) is 0 Å². The molecule has 1 saturated heterocycles. The topological polar surface area (TPSA) is 79.5 Å². The van der Waals surface area contributed by atoms with Crippen molar-refractivity contribution >= 4 is 17.4 Å². The maximum Gasteiger partial charge on any atom is 0.225 e. The highest BCUT2D eigenvalue weighted by Gasteiger charge is 2.27. The van der Waals surface area contributed by atoms with Crippen LogP contribution in [0.15, 0.2) is 12.1 Å². The number of unbranched alkanes of at least 4 members (excludes halogenated alkanes) is 1. The van der Waals surface area contributed by atoms with Gasteiger partial charge in [-0.1, -0.05) is 13.3 Å². The minimum absolute atomic E-state index is 0.130. The van der Waals surface area contributed by atoms with E-state index in [-0.39, 0.29) is 11.8 Å². The van der Waals surface area contributed by atoms with E-state index in [1.54, 1.807) is 0 Å². The van der Waals surface area contributed by atoms with Crippen LogP contribution < -0.4 is 4.90 Å². The van der Waals surface area contributed by atoms with E-state index in [1.165, 1.54) is 4.63 Å². The van der Waals surface area contributed by atoms with Crippen molar-refractivity contribution in [1.29, 1.82) is 0 Å². The molecule has 2 aromatic rings. The van der Waals surface area contributed by atoms with E-state index >= 15 is 0 Å². The average Bonchev–Trinajstić information content (AvgIpc) is 3.06. The molecule has 3 rings (SSSR count). The average molecular weight is 317 g/mol. The molecule has 0 aromatic carbocycles. The lowest BCUT2D eigenvalue weighted by Gasteiger charge is -2.33. The van der Waals surface area contributed by atoms with Gasteiger partial charge in [0.1, 0.15) is 0 Å². The first kappa shape index (κ1) is 15.6. The molecule has 8 nitrogen and oxygen atoms in total. The summed E-state index contributed by atoms with van der Waals surface area (Å²) in [7, 11) is 1.91. The predicted molar refractivity (Wildman–Crippen MR) is 86.1 cm³/mol. The quantitative estimate of drug-likeness (QED) is 0.818. The minimum atomic E-state index is 0.130. The normalized spacial score (nSPS) is 16.0. The Balaban J connectivity index is 1.58. The maximum absolute atomic E-state index is 12.4. The molecule has 2 aromatic heterocycles. The first-order valence-corrected chi connectivity index (χ1v) is 8.24. The van der Waals surface area contributed by atoms with Crippen LogP contribution in [0.3, 0.4) is 0 Å². The number of rotatable bonds is 5. The second-order valence-electron chi connectivity index (χ2n) is 6.09. The Hall–Kier alpha value is -2.25. The van der Waals surface area contributed by atoms with Crippen LogP contribution in [-0.4, -0.2) is 62.7 Å². The Morgan fingerprint density at radius 2 is 2.13 bits per heavy atom. The molecule has 3 heterocycles. The molecular weight excluding hydrogens is 294 g/mol. The molecule has 0 aliphatic carbocycles. The summed E-state index contributed by atoms with van der Waals surface area (Å²) in [5, 5.41) is 15.7. The summed E-state index contributed by atoms with van der Waals surface area (Å²) in [6, 6.07) is 3.79. The molecule has 124 valence electrons. The van der Waals surface area contributed by atoms with Crippen LogP contribution in [0.1, 0.15) is 32.6 Å². The molecule has 0 bridgehead atoms. The third-order valence-corrected chi connectivity index (χ3v) is 4.45. The fourth-order valence-corrected chi connectivity index (χ4v) is 2.98. The van der Waals surface area contributed by atoms with E-state index in [1.807, 2.05) is 24.1 Å². The Labute approximate surface area is 135 Å². The van der Waals surface area contributed by atoms with Crippen molar-refractivity contribution in [3.05, 3.63) is 12.1 Å². The highest BCUT2D eigenvalue weighted by Crippen LogP contribution is 2.23. The third kappa shape index (κ3) is 3.40. The lowest BCUT2D eigenvalue weighted by molar-refractivity contribution is -0.134.